The molecule has 7 heteroatoms. The fourth-order valence-corrected chi connectivity index (χ4v) is 3.62. The number of carbonyl (C=O) groups excluding carboxylic acids is 2. The van der Waals surface area contributed by atoms with Crippen molar-refractivity contribution in [2.24, 2.45) is 0 Å². The Morgan fingerprint density at radius 2 is 2.11 bits per heavy atom. The molecule has 2 aromatic rings. The molecule has 1 saturated heterocycles. The molecule has 0 saturated carbocycles. The van der Waals surface area contributed by atoms with Crippen molar-refractivity contribution in [1.29, 1.82) is 0 Å². The van der Waals surface area contributed by atoms with Crippen molar-refractivity contribution < 1.29 is 14.3 Å². The van der Waals surface area contributed by atoms with Crippen LogP contribution in [0.1, 0.15) is 41.6 Å². The molecule has 1 atom stereocenters. The Morgan fingerprint density at radius 1 is 1.29 bits per heavy atom. The van der Waals surface area contributed by atoms with Crippen molar-refractivity contribution in [3.63, 3.8) is 0 Å². The highest BCUT2D eigenvalue weighted by atomic mass is 16.5. The number of nitrogens with zero attached hydrogens (tertiary/aromatic N) is 3. The van der Waals surface area contributed by atoms with Crippen molar-refractivity contribution in [1.82, 2.24) is 19.8 Å². The van der Waals surface area contributed by atoms with E-state index in [1.165, 1.54) is 7.11 Å². The molecule has 0 radical (unpaired) electrons. The SMILES string of the molecule is COC(=O)c1ccc(CNCCC2CCC(=O)N2CCCn2ccnc2)cc1. The number of nitrogens with one attached hydrogen (secondary N) is 1. The Labute approximate surface area is 165 Å². The summed E-state index contributed by atoms with van der Waals surface area (Å²) in [5.41, 5.74) is 1.68. The minimum atomic E-state index is -0.321. The third kappa shape index (κ3) is 5.42. The van der Waals surface area contributed by atoms with Gasteiger partial charge in [-0.25, -0.2) is 9.78 Å². The van der Waals surface area contributed by atoms with Gasteiger partial charge in [0.1, 0.15) is 0 Å². The van der Waals surface area contributed by atoms with Crippen LogP contribution in [0.5, 0.6) is 0 Å². The smallest absolute Gasteiger partial charge is 0.337 e. The molecule has 1 aromatic carbocycles. The maximum Gasteiger partial charge on any atom is 0.337 e. The lowest BCUT2D eigenvalue weighted by molar-refractivity contribution is -0.129. The fraction of sp³-hybridized carbons (Fsp3) is 0.476. The number of ether oxygens (including phenoxy) is 1. The number of likely N-dealkylation sites (tertiary alicyclic amines) is 1. The summed E-state index contributed by atoms with van der Waals surface area (Å²) in [4.78, 5) is 29.7. The molecular weight excluding hydrogens is 356 g/mol. The molecule has 1 aliphatic rings. The first-order valence-electron chi connectivity index (χ1n) is 9.80. The molecule has 3 rings (SSSR count). The topological polar surface area (TPSA) is 76.5 Å². The number of esters is 1. The van der Waals surface area contributed by atoms with Gasteiger partial charge in [-0.3, -0.25) is 4.79 Å². The van der Waals surface area contributed by atoms with Crippen LogP contribution in [0, 0.1) is 0 Å². The molecule has 2 heterocycles. The average molecular weight is 384 g/mol. The van der Waals surface area contributed by atoms with Crippen molar-refractivity contribution >= 4 is 11.9 Å². The second kappa shape index (κ2) is 10.0. The molecule has 0 spiro atoms. The monoisotopic (exact) mass is 384 g/mol. The van der Waals surface area contributed by atoms with Gasteiger partial charge < -0.3 is 19.5 Å². The molecule has 0 aliphatic carbocycles. The van der Waals surface area contributed by atoms with Gasteiger partial charge in [0.05, 0.1) is 19.0 Å². The molecule has 1 unspecified atom stereocenters. The van der Waals surface area contributed by atoms with Crippen molar-refractivity contribution in [2.45, 2.75) is 44.8 Å². The Kier molecular flexibility index (Phi) is 7.19. The van der Waals surface area contributed by atoms with Gasteiger partial charge in [0.2, 0.25) is 5.91 Å². The van der Waals surface area contributed by atoms with Gasteiger partial charge in [0.25, 0.3) is 0 Å². The summed E-state index contributed by atoms with van der Waals surface area (Å²) < 4.78 is 6.75. The van der Waals surface area contributed by atoms with E-state index in [1.54, 1.807) is 18.3 Å². The zero-order valence-corrected chi connectivity index (χ0v) is 16.3. The summed E-state index contributed by atoms with van der Waals surface area (Å²) in [6, 6.07) is 7.74. The summed E-state index contributed by atoms with van der Waals surface area (Å²) in [6.07, 6.45) is 9.04. The van der Waals surface area contributed by atoms with E-state index in [2.05, 4.69) is 10.3 Å². The number of imidazole rings is 1. The first kappa shape index (κ1) is 20.1. The van der Waals surface area contributed by atoms with Crippen LogP contribution in [0.25, 0.3) is 0 Å². The van der Waals surface area contributed by atoms with Crippen LogP contribution in [0.2, 0.25) is 0 Å². The number of hydrogen-bond acceptors (Lipinski definition) is 5. The van der Waals surface area contributed by atoms with Crippen molar-refractivity contribution in [2.75, 3.05) is 20.2 Å². The van der Waals surface area contributed by atoms with E-state index in [9.17, 15) is 9.59 Å². The van der Waals surface area contributed by atoms with Crippen molar-refractivity contribution in [3.05, 3.63) is 54.1 Å². The van der Waals surface area contributed by atoms with E-state index in [4.69, 9.17) is 4.74 Å². The normalized spacial score (nSPS) is 16.5. The molecule has 1 aromatic heterocycles. The molecule has 1 aliphatic heterocycles. The maximum absolute atomic E-state index is 12.2. The Bertz CT molecular complexity index is 758. The molecule has 28 heavy (non-hydrogen) atoms. The Morgan fingerprint density at radius 3 is 2.82 bits per heavy atom. The molecular formula is C21H28N4O3. The zero-order chi connectivity index (χ0) is 19.8. The predicted octanol–water partition coefficient (Wildman–Crippen LogP) is 2.23. The number of aryl methyl sites for hydroxylation is 1. The lowest BCUT2D eigenvalue weighted by Gasteiger charge is -2.25. The first-order valence-corrected chi connectivity index (χ1v) is 9.80. The molecule has 1 fully saturated rings. The third-order valence-corrected chi connectivity index (χ3v) is 5.19. The number of rotatable bonds is 10. The van der Waals surface area contributed by atoms with E-state index in [0.717, 1.165) is 51.0 Å². The van der Waals surface area contributed by atoms with Crippen LogP contribution in [0.4, 0.5) is 0 Å². The van der Waals surface area contributed by atoms with E-state index >= 15 is 0 Å². The van der Waals surface area contributed by atoms with E-state index in [-0.39, 0.29) is 11.9 Å². The van der Waals surface area contributed by atoms with Gasteiger partial charge in [-0.05, 0) is 43.5 Å². The number of methoxy groups -OCH3 is 1. The predicted molar refractivity (Wildman–Crippen MR) is 106 cm³/mol. The number of hydrogen-bond donors (Lipinski definition) is 1. The summed E-state index contributed by atoms with van der Waals surface area (Å²) in [5.74, 6) is -0.0485. The van der Waals surface area contributed by atoms with Crippen LogP contribution in [-0.2, 0) is 22.6 Å². The number of aromatic nitrogens is 2. The molecule has 1 N–H and O–H groups in total. The standard InChI is InChI=1S/C21H28N4O3/c1-28-21(27)18-5-3-17(4-6-18)15-22-10-9-19-7-8-20(26)25(19)13-2-12-24-14-11-23-16-24/h3-6,11,14,16,19,22H,2,7-10,12-13,15H2,1H3. The Balaban J connectivity index is 1.38. The lowest BCUT2D eigenvalue weighted by Crippen LogP contribution is -2.36. The number of amides is 1. The highest BCUT2D eigenvalue weighted by Gasteiger charge is 2.29. The lowest BCUT2D eigenvalue weighted by atomic mass is 10.1. The molecule has 0 bridgehead atoms. The van der Waals surface area contributed by atoms with Crippen LogP contribution >= 0.6 is 0 Å². The van der Waals surface area contributed by atoms with Crippen LogP contribution in [0.15, 0.2) is 43.0 Å². The molecule has 7 nitrogen and oxygen atoms in total. The zero-order valence-electron chi connectivity index (χ0n) is 16.3. The second-order valence-electron chi connectivity index (χ2n) is 7.09. The average Bonchev–Trinajstić information content (AvgIpc) is 3.36. The number of benzene rings is 1. The van der Waals surface area contributed by atoms with E-state index < -0.39 is 0 Å². The third-order valence-electron chi connectivity index (χ3n) is 5.19. The van der Waals surface area contributed by atoms with Gasteiger partial charge in [-0.15, -0.1) is 0 Å². The minimum Gasteiger partial charge on any atom is -0.465 e. The van der Waals surface area contributed by atoms with Gasteiger partial charge in [-0.2, -0.15) is 0 Å². The molecule has 1 amide bonds. The highest BCUT2D eigenvalue weighted by Crippen LogP contribution is 2.21. The van der Waals surface area contributed by atoms with Crippen LogP contribution in [-0.4, -0.2) is 52.6 Å². The van der Waals surface area contributed by atoms with E-state index in [0.29, 0.717) is 18.0 Å². The summed E-state index contributed by atoms with van der Waals surface area (Å²) in [6.45, 7) is 3.28. The minimum absolute atomic E-state index is 0.272. The van der Waals surface area contributed by atoms with Crippen LogP contribution in [0.3, 0.4) is 0 Å². The fourth-order valence-electron chi connectivity index (χ4n) is 3.62. The quantitative estimate of drug-likeness (QED) is 0.502. The van der Waals surface area contributed by atoms with E-state index in [1.807, 2.05) is 34.1 Å². The highest BCUT2D eigenvalue weighted by molar-refractivity contribution is 5.89. The number of carbonyl (C=O) groups is 2. The van der Waals surface area contributed by atoms with Gasteiger partial charge >= 0.3 is 5.97 Å². The summed E-state index contributed by atoms with van der Waals surface area (Å²) in [5, 5.41) is 3.44. The maximum atomic E-state index is 12.2. The first-order chi connectivity index (χ1) is 13.7. The molecule has 150 valence electrons. The summed E-state index contributed by atoms with van der Waals surface area (Å²) in [7, 11) is 1.38. The van der Waals surface area contributed by atoms with Gasteiger partial charge in [0.15, 0.2) is 0 Å². The summed E-state index contributed by atoms with van der Waals surface area (Å²) >= 11 is 0. The van der Waals surface area contributed by atoms with Gasteiger partial charge in [-0.1, -0.05) is 12.1 Å². The second-order valence-corrected chi connectivity index (χ2v) is 7.09. The largest absolute Gasteiger partial charge is 0.465 e. The van der Waals surface area contributed by atoms with Crippen LogP contribution < -0.4 is 5.32 Å². The van der Waals surface area contributed by atoms with Crippen molar-refractivity contribution in [3.8, 4) is 0 Å². The van der Waals surface area contributed by atoms with Gasteiger partial charge in [0, 0.05) is 44.5 Å². The Hall–Kier alpha value is -2.67.